The molecule has 21 heavy (non-hydrogen) atoms. The van der Waals surface area contributed by atoms with Crippen LogP contribution in [0.15, 0.2) is 23.4 Å². The molecule has 1 heterocycles. The molecule has 118 valence electrons. The molecule has 1 aromatic rings. The van der Waals surface area contributed by atoms with Gasteiger partial charge in [-0.1, -0.05) is 25.4 Å². The lowest BCUT2D eigenvalue weighted by Crippen LogP contribution is -2.62. The highest BCUT2D eigenvalue weighted by Crippen LogP contribution is 2.46. The van der Waals surface area contributed by atoms with E-state index in [0.29, 0.717) is 18.1 Å². The third kappa shape index (κ3) is 2.95. The molecule has 0 N–H and O–H groups in total. The van der Waals surface area contributed by atoms with Gasteiger partial charge in [-0.2, -0.15) is 4.31 Å². The number of aromatic nitrogens is 1. The fraction of sp³-hybridized carbons (Fsp3) is 0.643. The minimum absolute atomic E-state index is 0.0858. The minimum Gasteiger partial charge on any atom is -0.378 e. The minimum atomic E-state index is -3.60. The summed E-state index contributed by atoms with van der Waals surface area (Å²) in [5.41, 5.74) is -0.218. The van der Waals surface area contributed by atoms with Gasteiger partial charge < -0.3 is 4.74 Å². The van der Waals surface area contributed by atoms with E-state index < -0.39 is 10.0 Å². The molecule has 0 aliphatic heterocycles. The number of sulfonamides is 1. The van der Waals surface area contributed by atoms with Gasteiger partial charge in [-0.3, -0.25) is 4.98 Å². The van der Waals surface area contributed by atoms with Crippen molar-refractivity contribution in [1.82, 2.24) is 9.29 Å². The lowest BCUT2D eigenvalue weighted by atomic mass is 9.64. The van der Waals surface area contributed by atoms with Gasteiger partial charge in [0.25, 0.3) is 0 Å². The first-order valence-electron chi connectivity index (χ1n) is 6.91. The third-order valence-corrected chi connectivity index (χ3v) is 6.33. The van der Waals surface area contributed by atoms with Crippen LogP contribution in [-0.2, 0) is 14.8 Å². The molecule has 0 radical (unpaired) electrons. The largest absolute Gasteiger partial charge is 0.378 e. The van der Waals surface area contributed by atoms with Crippen LogP contribution in [0.2, 0.25) is 5.02 Å². The Labute approximate surface area is 131 Å². The van der Waals surface area contributed by atoms with Crippen molar-refractivity contribution in [3.05, 3.63) is 23.5 Å². The molecule has 1 saturated carbocycles. The molecule has 0 unspecified atom stereocenters. The number of ether oxygens (including phenoxy) is 1. The summed E-state index contributed by atoms with van der Waals surface area (Å²) in [4.78, 5) is 3.97. The van der Waals surface area contributed by atoms with E-state index >= 15 is 0 Å². The molecule has 1 aliphatic rings. The second-order valence-corrected chi connectivity index (χ2v) is 8.31. The van der Waals surface area contributed by atoms with E-state index in [1.54, 1.807) is 7.05 Å². The second kappa shape index (κ2) is 5.83. The van der Waals surface area contributed by atoms with E-state index in [-0.39, 0.29) is 22.5 Å². The zero-order chi connectivity index (χ0) is 15.8. The summed E-state index contributed by atoms with van der Waals surface area (Å²) < 4.78 is 32.4. The average Bonchev–Trinajstić information content (AvgIpc) is 2.42. The molecule has 0 aromatic carbocycles. The van der Waals surface area contributed by atoms with Gasteiger partial charge in [-0.15, -0.1) is 0 Å². The summed E-state index contributed by atoms with van der Waals surface area (Å²) in [6.45, 7) is 6.64. The highest BCUT2D eigenvalue weighted by atomic mass is 35.5. The maximum atomic E-state index is 12.7. The number of hydrogen-bond donors (Lipinski definition) is 0. The Balaban J connectivity index is 2.23. The van der Waals surface area contributed by atoms with Crippen molar-refractivity contribution >= 4 is 21.6 Å². The summed E-state index contributed by atoms with van der Waals surface area (Å²) in [7, 11) is -2.00. The van der Waals surface area contributed by atoms with Crippen molar-refractivity contribution in [2.45, 2.75) is 44.2 Å². The number of hydrogen-bond acceptors (Lipinski definition) is 4. The molecule has 2 rings (SSSR count). The summed E-state index contributed by atoms with van der Waals surface area (Å²) >= 11 is 5.84. The molecule has 5 nitrogen and oxygen atoms in total. The topological polar surface area (TPSA) is 59.5 Å². The Kier molecular flexibility index (Phi) is 4.63. The summed E-state index contributed by atoms with van der Waals surface area (Å²) in [5, 5.41) is 0.310. The van der Waals surface area contributed by atoms with Crippen LogP contribution < -0.4 is 0 Å². The lowest BCUT2D eigenvalue weighted by Gasteiger charge is -2.54. The molecule has 1 aromatic heterocycles. The summed E-state index contributed by atoms with van der Waals surface area (Å²) in [6, 6.07) is 1.32. The first kappa shape index (κ1) is 16.7. The SMILES string of the molecule is CCO[C@H]1C[C@@H](N(C)S(=O)(=O)c2cncc(Cl)c2)C1(C)C. The van der Waals surface area contributed by atoms with Crippen molar-refractivity contribution in [2.75, 3.05) is 13.7 Å². The van der Waals surface area contributed by atoms with Crippen molar-refractivity contribution in [3.63, 3.8) is 0 Å². The fourth-order valence-corrected chi connectivity index (χ4v) is 4.57. The van der Waals surface area contributed by atoms with Gasteiger partial charge in [0.1, 0.15) is 4.90 Å². The first-order chi connectivity index (χ1) is 9.71. The first-order valence-corrected chi connectivity index (χ1v) is 8.73. The predicted octanol–water partition coefficient (Wildman–Crippen LogP) is 2.56. The Morgan fingerprint density at radius 3 is 2.67 bits per heavy atom. The summed E-state index contributed by atoms with van der Waals surface area (Å²) in [6.07, 6.45) is 3.52. The number of pyridine rings is 1. The standard InChI is InChI=1S/C14H21ClN2O3S/c1-5-20-13-7-12(14(13,2)3)17(4)21(18,19)11-6-10(15)8-16-9-11/h6,8-9,12-13H,5,7H2,1-4H3/t12-,13+/m1/s1. The van der Waals surface area contributed by atoms with Crippen molar-refractivity contribution in [1.29, 1.82) is 0 Å². The van der Waals surface area contributed by atoms with Gasteiger partial charge in [0.2, 0.25) is 10.0 Å². The Hall–Kier alpha value is -0.690. The Bertz CT molecular complexity index is 618. The number of halogens is 1. The molecule has 0 amide bonds. The molecule has 0 spiro atoms. The van der Waals surface area contributed by atoms with Crippen LogP contribution in [0.25, 0.3) is 0 Å². The van der Waals surface area contributed by atoms with Gasteiger partial charge in [0.05, 0.1) is 11.1 Å². The van der Waals surface area contributed by atoms with Crippen LogP contribution in [0, 0.1) is 5.41 Å². The van der Waals surface area contributed by atoms with Crippen LogP contribution in [0.5, 0.6) is 0 Å². The molecular weight excluding hydrogens is 312 g/mol. The molecule has 1 aliphatic carbocycles. The van der Waals surface area contributed by atoms with E-state index in [9.17, 15) is 8.42 Å². The Morgan fingerprint density at radius 1 is 1.48 bits per heavy atom. The van der Waals surface area contributed by atoms with Crippen LogP contribution in [0.3, 0.4) is 0 Å². The third-order valence-electron chi connectivity index (χ3n) is 4.29. The van der Waals surface area contributed by atoms with E-state index in [1.807, 2.05) is 20.8 Å². The molecular formula is C14H21ClN2O3S. The molecule has 0 saturated heterocycles. The zero-order valence-electron chi connectivity index (χ0n) is 12.7. The van der Waals surface area contributed by atoms with Crippen molar-refractivity contribution in [2.24, 2.45) is 5.41 Å². The van der Waals surface area contributed by atoms with Gasteiger partial charge in [0, 0.05) is 37.5 Å². The maximum Gasteiger partial charge on any atom is 0.244 e. The van der Waals surface area contributed by atoms with Crippen LogP contribution in [0.4, 0.5) is 0 Å². The molecule has 7 heteroatoms. The molecule has 1 fully saturated rings. The lowest BCUT2D eigenvalue weighted by molar-refractivity contribution is -0.129. The highest BCUT2D eigenvalue weighted by Gasteiger charge is 2.53. The van der Waals surface area contributed by atoms with E-state index in [0.717, 1.165) is 0 Å². The number of nitrogens with zero attached hydrogens (tertiary/aromatic N) is 2. The van der Waals surface area contributed by atoms with Gasteiger partial charge >= 0.3 is 0 Å². The normalized spacial score (nSPS) is 24.9. The molecule has 2 atom stereocenters. The van der Waals surface area contributed by atoms with E-state index in [4.69, 9.17) is 16.3 Å². The van der Waals surface area contributed by atoms with Crippen molar-refractivity contribution in [3.8, 4) is 0 Å². The zero-order valence-corrected chi connectivity index (χ0v) is 14.3. The fourth-order valence-electron chi connectivity index (χ4n) is 2.83. The average molecular weight is 333 g/mol. The predicted molar refractivity (Wildman–Crippen MR) is 81.8 cm³/mol. The number of rotatable bonds is 5. The van der Waals surface area contributed by atoms with E-state index in [1.165, 1.54) is 22.8 Å². The monoisotopic (exact) mass is 332 g/mol. The smallest absolute Gasteiger partial charge is 0.244 e. The summed E-state index contributed by atoms with van der Waals surface area (Å²) in [5.74, 6) is 0. The van der Waals surface area contributed by atoms with Gasteiger partial charge in [0.15, 0.2) is 0 Å². The highest BCUT2D eigenvalue weighted by molar-refractivity contribution is 7.89. The van der Waals surface area contributed by atoms with Crippen molar-refractivity contribution < 1.29 is 13.2 Å². The van der Waals surface area contributed by atoms with Crippen LogP contribution in [-0.4, -0.2) is 43.5 Å². The van der Waals surface area contributed by atoms with Crippen LogP contribution >= 0.6 is 11.6 Å². The molecule has 0 bridgehead atoms. The van der Waals surface area contributed by atoms with Crippen LogP contribution in [0.1, 0.15) is 27.2 Å². The Morgan fingerprint density at radius 2 is 2.14 bits per heavy atom. The maximum absolute atomic E-state index is 12.7. The quantitative estimate of drug-likeness (QED) is 0.831. The second-order valence-electron chi connectivity index (χ2n) is 5.88. The van der Waals surface area contributed by atoms with E-state index in [2.05, 4.69) is 4.98 Å². The van der Waals surface area contributed by atoms with Gasteiger partial charge in [-0.25, -0.2) is 8.42 Å². The van der Waals surface area contributed by atoms with Gasteiger partial charge in [-0.05, 0) is 19.4 Å².